The smallest absolute Gasteiger partial charge is 0.227 e. The average Bonchev–Trinajstić information content (AvgIpc) is 3.22. The first-order chi connectivity index (χ1) is 10.7. The summed E-state index contributed by atoms with van der Waals surface area (Å²) in [7, 11) is 0. The lowest BCUT2D eigenvalue weighted by Gasteiger charge is -2.26. The Kier molecular flexibility index (Phi) is 3.31. The summed E-state index contributed by atoms with van der Waals surface area (Å²) in [6.45, 7) is 7.48. The van der Waals surface area contributed by atoms with Gasteiger partial charge in [0.1, 0.15) is 17.4 Å². The second-order valence-corrected chi connectivity index (χ2v) is 6.34. The Labute approximate surface area is 132 Å². The molecule has 0 aliphatic carbocycles. The Morgan fingerprint density at radius 1 is 1.27 bits per heavy atom. The molecule has 1 aliphatic rings. The van der Waals surface area contributed by atoms with Crippen molar-refractivity contribution < 1.29 is 4.42 Å². The Morgan fingerprint density at radius 2 is 2.18 bits per heavy atom. The summed E-state index contributed by atoms with van der Waals surface area (Å²) in [6, 6.07) is 2.03. The summed E-state index contributed by atoms with van der Waals surface area (Å²) < 4.78 is 7.99. The second-order valence-electron chi connectivity index (χ2n) is 5.56. The van der Waals surface area contributed by atoms with Crippen LogP contribution in [-0.4, -0.2) is 31.2 Å². The van der Waals surface area contributed by atoms with Gasteiger partial charge in [-0.05, 0) is 25.3 Å². The van der Waals surface area contributed by atoms with E-state index in [4.69, 9.17) is 4.42 Å². The summed E-state index contributed by atoms with van der Waals surface area (Å²) in [6.07, 6.45) is 0. The Morgan fingerprint density at radius 3 is 3.00 bits per heavy atom. The second kappa shape index (κ2) is 5.33. The zero-order chi connectivity index (χ0) is 15.1. The van der Waals surface area contributed by atoms with Crippen LogP contribution in [0, 0.1) is 13.8 Å². The normalized spacial score (nSPS) is 15.2. The molecular weight excluding hydrogens is 298 g/mol. The molecule has 0 amide bonds. The summed E-state index contributed by atoms with van der Waals surface area (Å²) in [5, 5.41) is 12.5. The molecule has 0 unspecified atom stereocenters. The van der Waals surface area contributed by atoms with Crippen LogP contribution in [0.15, 0.2) is 21.2 Å². The molecule has 0 saturated carbocycles. The lowest BCUT2D eigenvalue weighted by atomic mass is 10.3. The molecular formula is C15H17N5OS. The van der Waals surface area contributed by atoms with Crippen LogP contribution in [0.4, 0.5) is 0 Å². The summed E-state index contributed by atoms with van der Waals surface area (Å²) in [5.74, 6) is 3.63. The van der Waals surface area contributed by atoms with Gasteiger partial charge in [-0.1, -0.05) is 0 Å². The number of rotatable bonds is 3. The molecule has 22 heavy (non-hydrogen) atoms. The minimum atomic E-state index is 0.713. The molecule has 0 fully saturated rings. The van der Waals surface area contributed by atoms with Crippen molar-refractivity contribution in [3.63, 3.8) is 0 Å². The van der Waals surface area contributed by atoms with Crippen LogP contribution >= 0.6 is 11.3 Å². The van der Waals surface area contributed by atoms with Gasteiger partial charge in [0.25, 0.3) is 0 Å². The standard InChI is InChI=1S/C15H17N5OS/c1-10-13(16-15(21-10)12-3-6-22-9-12)7-19-4-5-20-11(2)17-18-14(20)8-19/h3,6,9H,4-5,7-8H2,1-2H3. The minimum absolute atomic E-state index is 0.713. The largest absolute Gasteiger partial charge is 0.441 e. The van der Waals surface area contributed by atoms with Gasteiger partial charge in [0.2, 0.25) is 5.89 Å². The minimum Gasteiger partial charge on any atom is -0.441 e. The highest BCUT2D eigenvalue weighted by atomic mass is 32.1. The monoisotopic (exact) mass is 315 g/mol. The molecule has 0 bridgehead atoms. The van der Waals surface area contributed by atoms with Gasteiger partial charge in [0.15, 0.2) is 0 Å². The highest BCUT2D eigenvalue weighted by Gasteiger charge is 2.22. The molecule has 6 nitrogen and oxygen atoms in total. The maximum Gasteiger partial charge on any atom is 0.227 e. The van der Waals surface area contributed by atoms with E-state index in [-0.39, 0.29) is 0 Å². The van der Waals surface area contributed by atoms with Gasteiger partial charge in [-0.2, -0.15) is 11.3 Å². The van der Waals surface area contributed by atoms with Crippen molar-refractivity contribution in [3.8, 4) is 11.5 Å². The fraction of sp³-hybridized carbons (Fsp3) is 0.400. The fourth-order valence-electron chi connectivity index (χ4n) is 2.78. The Balaban J connectivity index is 1.53. The number of oxazole rings is 1. The summed E-state index contributed by atoms with van der Waals surface area (Å²) in [5.41, 5.74) is 2.05. The van der Waals surface area contributed by atoms with Gasteiger partial charge < -0.3 is 8.98 Å². The zero-order valence-electron chi connectivity index (χ0n) is 12.6. The van der Waals surface area contributed by atoms with Crippen LogP contribution in [0.2, 0.25) is 0 Å². The maximum atomic E-state index is 5.81. The molecule has 0 saturated heterocycles. The van der Waals surface area contributed by atoms with Crippen molar-refractivity contribution in [1.29, 1.82) is 0 Å². The van der Waals surface area contributed by atoms with Crippen molar-refractivity contribution in [3.05, 3.63) is 39.9 Å². The van der Waals surface area contributed by atoms with E-state index in [1.807, 2.05) is 25.3 Å². The van der Waals surface area contributed by atoms with Gasteiger partial charge in [-0.15, -0.1) is 10.2 Å². The topological polar surface area (TPSA) is 60.0 Å². The molecule has 7 heteroatoms. The van der Waals surface area contributed by atoms with Gasteiger partial charge in [-0.25, -0.2) is 4.98 Å². The number of hydrogen-bond donors (Lipinski definition) is 0. The van der Waals surface area contributed by atoms with Gasteiger partial charge in [0.05, 0.1) is 12.2 Å². The van der Waals surface area contributed by atoms with Crippen molar-refractivity contribution in [2.45, 2.75) is 33.5 Å². The third kappa shape index (κ3) is 2.36. The number of aromatic nitrogens is 4. The van der Waals surface area contributed by atoms with E-state index in [1.54, 1.807) is 11.3 Å². The van der Waals surface area contributed by atoms with E-state index < -0.39 is 0 Å². The molecule has 3 aromatic rings. The predicted molar refractivity (Wildman–Crippen MR) is 83.4 cm³/mol. The van der Waals surface area contributed by atoms with Crippen LogP contribution in [0.25, 0.3) is 11.5 Å². The fourth-order valence-corrected chi connectivity index (χ4v) is 3.41. The SMILES string of the molecule is Cc1oc(-c2ccsc2)nc1CN1CCn2c(C)nnc2C1. The number of thiophene rings is 1. The number of nitrogens with zero attached hydrogens (tertiary/aromatic N) is 5. The molecule has 3 aromatic heterocycles. The summed E-state index contributed by atoms with van der Waals surface area (Å²) >= 11 is 1.65. The van der Waals surface area contributed by atoms with Crippen molar-refractivity contribution >= 4 is 11.3 Å². The van der Waals surface area contributed by atoms with Crippen molar-refractivity contribution in [1.82, 2.24) is 24.6 Å². The van der Waals surface area contributed by atoms with Crippen LogP contribution < -0.4 is 0 Å². The molecule has 0 aromatic carbocycles. The van der Waals surface area contributed by atoms with Gasteiger partial charge in [0, 0.05) is 30.6 Å². The van der Waals surface area contributed by atoms with Gasteiger partial charge >= 0.3 is 0 Å². The van der Waals surface area contributed by atoms with E-state index in [0.29, 0.717) is 5.89 Å². The molecule has 0 atom stereocenters. The zero-order valence-corrected chi connectivity index (χ0v) is 13.4. The van der Waals surface area contributed by atoms with E-state index in [1.165, 1.54) is 0 Å². The van der Waals surface area contributed by atoms with Crippen LogP contribution in [0.5, 0.6) is 0 Å². The lowest BCUT2D eigenvalue weighted by Crippen LogP contribution is -2.34. The van der Waals surface area contributed by atoms with E-state index in [9.17, 15) is 0 Å². The van der Waals surface area contributed by atoms with Crippen LogP contribution in [0.3, 0.4) is 0 Å². The highest BCUT2D eigenvalue weighted by molar-refractivity contribution is 7.08. The molecule has 4 rings (SSSR count). The third-order valence-corrected chi connectivity index (χ3v) is 4.73. The number of hydrogen-bond acceptors (Lipinski definition) is 6. The lowest BCUT2D eigenvalue weighted by molar-refractivity contribution is 0.205. The Bertz CT molecular complexity index is 789. The van der Waals surface area contributed by atoms with E-state index >= 15 is 0 Å². The summed E-state index contributed by atoms with van der Waals surface area (Å²) in [4.78, 5) is 7.00. The molecule has 4 heterocycles. The van der Waals surface area contributed by atoms with Crippen LogP contribution in [-0.2, 0) is 19.6 Å². The van der Waals surface area contributed by atoms with Crippen molar-refractivity contribution in [2.24, 2.45) is 0 Å². The number of fused-ring (bicyclic) bond motifs is 1. The molecule has 0 spiro atoms. The van der Waals surface area contributed by atoms with E-state index in [2.05, 4.69) is 30.0 Å². The quantitative estimate of drug-likeness (QED) is 0.743. The first-order valence-electron chi connectivity index (χ1n) is 7.30. The Hall–Kier alpha value is -1.99. The van der Waals surface area contributed by atoms with Crippen LogP contribution in [0.1, 0.15) is 23.1 Å². The highest BCUT2D eigenvalue weighted by Crippen LogP contribution is 2.25. The first kappa shape index (κ1) is 13.7. The molecule has 114 valence electrons. The molecule has 0 N–H and O–H groups in total. The first-order valence-corrected chi connectivity index (χ1v) is 8.25. The third-order valence-electron chi connectivity index (χ3n) is 4.05. The average molecular weight is 315 g/mol. The molecule has 1 aliphatic heterocycles. The predicted octanol–water partition coefficient (Wildman–Crippen LogP) is 2.63. The van der Waals surface area contributed by atoms with E-state index in [0.717, 1.165) is 54.8 Å². The van der Waals surface area contributed by atoms with Gasteiger partial charge in [-0.3, -0.25) is 4.90 Å². The number of aryl methyl sites for hydroxylation is 2. The molecule has 0 radical (unpaired) electrons. The maximum absolute atomic E-state index is 5.81. The van der Waals surface area contributed by atoms with Crippen molar-refractivity contribution in [2.75, 3.05) is 6.54 Å².